The number of aryl methyl sites for hydroxylation is 1. The number of nitrogens with one attached hydrogen (secondary N) is 1. The number of nitrogens with two attached hydrogens (primary N) is 1. The molecule has 116 valence electrons. The van der Waals surface area contributed by atoms with E-state index in [0.717, 1.165) is 25.8 Å². The largest absolute Gasteiger partial charge is 0.352 e. The number of carbonyl (C=O) groups is 1. The van der Waals surface area contributed by atoms with Gasteiger partial charge in [0, 0.05) is 18.6 Å². The molecule has 1 heterocycles. The first-order valence-corrected chi connectivity index (χ1v) is 7.86. The second-order valence-corrected chi connectivity index (χ2v) is 6.19. The number of hydrogen-bond donors (Lipinski definition) is 2. The topological polar surface area (TPSA) is 58.4 Å². The Labute approximate surface area is 127 Å². The smallest absolute Gasteiger partial charge is 0.237 e. The van der Waals surface area contributed by atoms with Crippen LogP contribution in [-0.4, -0.2) is 42.5 Å². The summed E-state index contributed by atoms with van der Waals surface area (Å²) >= 11 is 0. The zero-order valence-corrected chi connectivity index (χ0v) is 13.1. The Morgan fingerprint density at radius 1 is 1.43 bits per heavy atom. The highest BCUT2D eigenvalue weighted by atomic mass is 16.2. The lowest BCUT2D eigenvalue weighted by molar-refractivity contribution is -0.123. The summed E-state index contributed by atoms with van der Waals surface area (Å²) in [4.78, 5) is 14.5. The summed E-state index contributed by atoms with van der Waals surface area (Å²) in [5.41, 5.74) is 7.25. The highest BCUT2D eigenvalue weighted by Gasteiger charge is 2.25. The molecule has 0 spiro atoms. The molecule has 3 unspecified atom stereocenters. The molecule has 0 aromatic heterocycles. The first-order chi connectivity index (χ1) is 10.1. The molecule has 1 aliphatic heterocycles. The molecule has 2 rings (SSSR count). The van der Waals surface area contributed by atoms with Crippen LogP contribution in [0, 0.1) is 0 Å². The summed E-state index contributed by atoms with van der Waals surface area (Å²) in [7, 11) is 2.13. The van der Waals surface area contributed by atoms with E-state index < -0.39 is 6.04 Å². The molecular weight excluding hydrogens is 262 g/mol. The normalized spacial score (nSPS) is 24.5. The molecule has 0 aliphatic carbocycles. The molecule has 1 aliphatic rings. The van der Waals surface area contributed by atoms with Crippen molar-refractivity contribution in [3.05, 3.63) is 35.9 Å². The van der Waals surface area contributed by atoms with Crippen LogP contribution < -0.4 is 11.1 Å². The van der Waals surface area contributed by atoms with E-state index in [1.54, 1.807) is 0 Å². The molecule has 0 bridgehead atoms. The highest BCUT2D eigenvalue weighted by molar-refractivity contribution is 5.81. The minimum atomic E-state index is -0.417. The zero-order valence-electron chi connectivity index (χ0n) is 13.1. The fraction of sp³-hybridized carbons (Fsp3) is 0.588. The van der Waals surface area contributed by atoms with E-state index in [0.29, 0.717) is 12.5 Å². The quantitative estimate of drug-likeness (QED) is 0.864. The molecule has 1 amide bonds. The molecule has 1 saturated heterocycles. The number of amides is 1. The molecule has 1 aromatic rings. The number of hydrogen-bond acceptors (Lipinski definition) is 3. The molecule has 0 saturated carbocycles. The molecule has 3 N–H and O–H groups in total. The van der Waals surface area contributed by atoms with E-state index in [1.165, 1.54) is 5.56 Å². The van der Waals surface area contributed by atoms with Crippen molar-refractivity contribution in [1.82, 2.24) is 10.2 Å². The fourth-order valence-electron chi connectivity index (χ4n) is 2.83. The number of piperidine rings is 1. The van der Waals surface area contributed by atoms with E-state index in [-0.39, 0.29) is 11.9 Å². The minimum absolute atomic E-state index is 0.00677. The van der Waals surface area contributed by atoms with Gasteiger partial charge in [-0.15, -0.1) is 0 Å². The van der Waals surface area contributed by atoms with Gasteiger partial charge in [-0.25, -0.2) is 0 Å². The lowest BCUT2D eigenvalue weighted by Gasteiger charge is -2.35. The van der Waals surface area contributed by atoms with Crippen molar-refractivity contribution in [3.8, 4) is 0 Å². The Hall–Kier alpha value is -1.39. The summed E-state index contributed by atoms with van der Waals surface area (Å²) in [6.45, 7) is 3.24. The lowest BCUT2D eigenvalue weighted by atomic mass is 9.98. The maximum atomic E-state index is 12.2. The fourth-order valence-corrected chi connectivity index (χ4v) is 2.83. The number of rotatable bonds is 5. The monoisotopic (exact) mass is 289 g/mol. The molecule has 0 radical (unpaired) electrons. The van der Waals surface area contributed by atoms with Crippen LogP contribution in [0.25, 0.3) is 0 Å². The summed E-state index contributed by atoms with van der Waals surface area (Å²) in [6, 6.07) is 10.5. The van der Waals surface area contributed by atoms with Crippen LogP contribution in [0.5, 0.6) is 0 Å². The maximum Gasteiger partial charge on any atom is 0.237 e. The first kappa shape index (κ1) is 16.0. The Bertz CT molecular complexity index is 449. The van der Waals surface area contributed by atoms with Crippen LogP contribution in [0.2, 0.25) is 0 Å². The molecule has 4 heteroatoms. The number of benzene rings is 1. The second-order valence-electron chi connectivity index (χ2n) is 6.19. The average Bonchev–Trinajstić information content (AvgIpc) is 2.49. The van der Waals surface area contributed by atoms with E-state index in [1.807, 2.05) is 18.2 Å². The lowest BCUT2D eigenvalue weighted by Crippen LogP contribution is -2.51. The molecule has 1 fully saturated rings. The van der Waals surface area contributed by atoms with Gasteiger partial charge in [-0.1, -0.05) is 30.3 Å². The highest BCUT2D eigenvalue weighted by Crippen LogP contribution is 2.15. The molecule has 3 atom stereocenters. The van der Waals surface area contributed by atoms with Gasteiger partial charge in [0.15, 0.2) is 0 Å². The Morgan fingerprint density at radius 2 is 2.14 bits per heavy atom. The van der Waals surface area contributed by atoms with Crippen molar-refractivity contribution in [2.45, 2.75) is 50.7 Å². The average molecular weight is 289 g/mol. The summed E-state index contributed by atoms with van der Waals surface area (Å²) in [5, 5.41) is 3.12. The van der Waals surface area contributed by atoms with Gasteiger partial charge in [0.1, 0.15) is 0 Å². The van der Waals surface area contributed by atoms with Crippen molar-refractivity contribution in [2.24, 2.45) is 5.73 Å². The Morgan fingerprint density at radius 3 is 2.81 bits per heavy atom. The van der Waals surface area contributed by atoms with Crippen LogP contribution in [0.15, 0.2) is 30.3 Å². The predicted octanol–water partition coefficient (Wildman–Crippen LogP) is 1.55. The van der Waals surface area contributed by atoms with Crippen LogP contribution in [0.1, 0.15) is 31.7 Å². The minimum Gasteiger partial charge on any atom is -0.352 e. The van der Waals surface area contributed by atoms with Crippen LogP contribution in [-0.2, 0) is 11.2 Å². The summed E-state index contributed by atoms with van der Waals surface area (Å²) in [6.07, 6.45) is 3.56. The third-order valence-electron chi connectivity index (χ3n) is 4.48. The van der Waals surface area contributed by atoms with E-state index in [2.05, 4.69) is 36.3 Å². The SMILES string of the molecule is CC1CC(NC(=O)C(N)CCc2ccccc2)CCN1C. The second kappa shape index (κ2) is 7.57. The van der Waals surface area contributed by atoms with Gasteiger partial charge in [-0.05, 0) is 45.2 Å². The third-order valence-corrected chi connectivity index (χ3v) is 4.48. The predicted molar refractivity (Wildman–Crippen MR) is 86.0 cm³/mol. The Balaban J connectivity index is 1.75. The number of carbonyl (C=O) groups excluding carboxylic acids is 1. The van der Waals surface area contributed by atoms with Gasteiger partial charge in [-0.3, -0.25) is 4.79 Å². The van der Waals surface area contributed by atoms with Crippen molar-refractivity contribution in [1.29, 1.82) is 0 Å². The Kier molecular flexibility index (Phi) is 5.76. The molecule has 1 aromatic carbocycles. The van der Waals surface area contributed by atoms with Gasteiger partial charge in [0.2, 0.25) is 5.91 Å². The van der Waals surface area contributed by atoms with E-state index in [4.69, 9.17) is 5.73 Å². The molecular formula is C17H27N3O. The maximum absolute atomic E-state index is 12.2. The standard InChI is InChI=1S/C17H27N3O/c1-13-12-15(10-11-20(13)2)19-17(21)16(18)9-8-14-6-4-3-5-7-14/h3-7,13,15-16H,8-12,18H2,1-2H3,(H,19,21). The third kappa shape index (κ3) is 4.83. The van der Waals surface area contributed by atoms with E-state index >= 15 is 0 Å². The van der Waals surface area contributed by atoms with Crippen molar-refractivity contribution in [2.75, 3.05) is 13.6 Å². The molecule has 21 heavy (non-hydrogen) atoms. The van der Waals surface area contributed by atoms with Gasteiger partial charge in [-0.2, -0.15) is 0 Å². The summed E-state index contributed by atoms with van der Waals surface area (Å²) < 4.78 is 0. The van der Waals surface area contributed by atoms with Gasteiger partial charge in [0.05, 0.1) is 6.04 Å². The van der Waals surface area contributed by atoms with Gasteiger partial charge in [0.25, 0.3) is 0 Å². The van der Waals surface area contributed by atoms with E-state index in [9.17, 15) is 4.79 Å². The summed E-state index contributed by atoms with van der Waals surface area (Å²) in [5.74, 6) is -0.00677. The van der Waals surface area contributed by atoms with Gasteiger partial charge < -0.3 is 16.0 Å². The zero-order chi connectivity index (χ0) is 15.2. The first-order valence-electron chi connectivity index (χ1n) is 7.86. The number of nitrogens with zero attached hydrogens (tertiary/aromatic N) is 1. The number of likely N-dealkylation sites (tertiary alicyclic amines) is 1. The van der Waals surface area contributed by atoms with Crippen LogP contribution >= 0.6 is 0 Å². The van der Waals surface area contributed by atoms with Crippen LogP contribution in [0.4, 0.5) is 0 Å². The van der Waals surface area contributed by atoms with Crippen molar-refractivity contribution < 1.29 is 4.79 Å². The van der Waals surface area contributed by atoms with Gasteiger partial charge >= 0.3 is 0 Å². The van der Waals surface area contributed by atoms with Crippen molar-refractivity contribution in [3.63, 3.8) is 0 Å². The van der Waals surface area contributed by atoms with Crippen molar-refractivity contribution >= 4 is 5.91 Å². The molecule has 4 nitrogen and oxygen atoms in total. The van der Waals surface area contributed by atoms with Crippen LogP contribution in [0.3, 0.4) is 0 Å².